The van der Waals surface area contributed by atoms with Gasteiger partial charge < -0.3 is 19.5 Å². The van der Waals surface area contributed by atoms with Crippen molar-refractivity contribution in [3.8, 4) is 11.5 Å². The van der Waals surface area contributed by atoms with Crippen molar-refractivity contribution in [1.82, 2.24) is 4.90 Å². The van der Waals surface area contributed by atoms with E-state index in [4.69, 9.17) is 14.6 Å². The van der Waals surface area contributed by atoms with Gasteiger partial charge in [-0.25, -0.2) is 0 Å². The van der Waals surface area contributed by atoms with Gasteiger partial charge in [0.05, 0.1) is 13.7 Å². The molecule has 0 radical (unpaired) electrons. The average molecular weight is 267 g/mol. The van der Waals surface area contributed by atoms with Gasteiger partial charge in [-0.3, -0.25) is 4.79 Å². The molecular weight excluding hydrogens is 246 g/mol. The van der Waals surface area contributed by atoms with Crippen LogP contribution >= 0.6 is 0 Å². The van der Waals surface area contributed by atoms with Gasteiger partial charge in [-0.05, 0) is 31.5 Å². The number of aliphatic hydroxyl groups excluding tert-OH is 1. The largest absolute Gasteiger partial charge is 0.493 e. The van der Waals surface area contributed by atoms with E-state index in [0.717, 1.165) is 5.56 Å². The Kier molecular flexibility index (Phi) is 6.15. The molecule has 5 nitrogen and oxygen atoms in total. The van der Waals surface area contributed by atoms with Gasteiger partial charge in [0, 0.05) is 13.1 Å². The van der Waals surface area contributed by atoms with Crippen molar-refractivity contribution in [3.05, 3.63) is 23.8 Å². The van der Waals surface area contributed by atoms with Gasteiger partial charge in [0.25, 0.3) is 5.91 Å². The Balaban J connectivity index is 2.69. The number of benzene rings is 1. The molecule has 0 fully saturated rings. The first-order valence-corrected chi connectivity index (χ1v) is 6.34. The molecule has 1 amide bonds. The van der Waals surface area contributed by atoms with E-state index in [2.05, 4.69) is 0 Å². The maximum Gasteiger partial charge on any atom is 0.260 e. The highest BCUT2D eigenvalue weighted by Gasteiger charge is 2.12. The molecule has 0 aliphatic heterocycles. The van der Waals surface area contributed by atoms with Crippen LogP contribution < -0.4 is 9.47 Å². The molecule has 0 bridgehead atoms. The summed E-state index contributed by atoms with van der Waals surface area (Å²) in [5, 5.41) is 9.05. The first-order chi connectivity index (χ1) is 9.15. The van der Waals surface area contributed by atoms with Gasteiger partial charge in [0.1, 0.15) is 0 Å². The summed E-state index contributed by atoms with van der Waals surface area (Å²) in [6.07, 6.45) is 0. The molecule has 0 heterocycles. The summed E-state index contributed by atoms with van der Waals surface area (Å²) in [5.41, 5.74) is 0.735. The van der Waals surface area contributed by atoms with Crippen LogP contribution in [0.15, 0.2) is 18.2 Å². The summed E-state index contributed by atoms with van der Waals surface area (Å²) in [6.45, 7) is 5.11. The Morgan fingerprint density at radius 3 is 2.47 bits per heavy atom. The summed E-state index contributed by atoms with van der Waals surface area (Å²) in [7, 11) is 1.52. The fourth-order valence-corrected chi connectivity index (χ4v) is 1.74. The number of nitrogens with zero attached hydrogens (tertiary/aromatic N) is 1. The third-order valence-corrected chi connectivity index (χ3v) is 2.88. The van der Waals surface area contributed by atoms with E-state index in [1.54, 1.807) is 23.1 Å². The Hall–Kier alpha value is -1.75. The zero-order valence-corrected chi connectivity index (χ0v) is 11.7. The molecule has 1 N–H and O–H groups in total. The maximum atomic E-state index is 11.8. The molecule has 0 saturated heterocycles. The molecule has 0 aliphatic carbocycles. The summed E-state index contributed by atoms with van der Waals surface area (Å²) >= 11 is 0. The number of methoxy groups -OCH3 is 1. The Labute approximate surface area is 113 Å². The summed E-state index contributed by atoms with van der Waals surface area (Å²) in [4.78, 5) is 13.5. The van der Waals surface area contributed by atoms with Crippen LogP contribution in [0.1, 0.15) is 19.4 Å². The van der Waals surface area contributed by atoms with E-state index in [1.807, 2.05) is 13.8 Å². The predicted octanol–water partition coefficient (Wildman–Crippen LogP) is 1.43. The van der Waals surface area contributed by atoms with E-state index in [0.29, 0.717) is 24.6 Å². The summed E-state index contributed by atoms with van der Waals surface area (Å²) in [5.74, 6) is 0.956. The lowest BCUT2D eigenvalue weighted by atomic mass is 10.2. The number of rotatable bonds is 7. The minimum Gasteiger partial charge on any atom is -0.493 e. The first-order valence-electron chi connectivity index (χ1n) is 6.34. The van der Waals surface area contributed by atoms with Crippen LogP contribution in [-0.2, 0) is 11.4 Å². The zero-order valence-electron chi connectivity index (χ0n) is 11.7. The van der Waals surface area contributed by atoms with Crippen LogP contribution in [0.2, 0.25) is 0 Å². The normalized spacial score (nSPS) is 10.1. The smallest absolute Gasteiger partial charge is 0.260 e. The van der Waals surface area contributed by atoms with Crippen LogP contribution in [0.4, 0.5) is 0 Å². The van der Waals surface area contributed by atoms with Gasteiger partial charge in [-0.1, -0.05) is 6.07 Å². The number of likely N-dealkylation sites (N-methyl/N-ethyl adjacent to an activating group) is 1. The molecule has 0 aromatic heterocycles. The second-order valence-electron chi connectivity index (χ2n) is 4.00. The summed E-state index contributed by atoms with van der Waals surface area (Å²) < 4.78 is 10.6. The predicted molar refractivity (Wildman–Crippen MR) is 72.3 cm³/mol. The third-order valence-electron chi connectivity index (χ3n) is 2.88. The van der Waals surface area contributed by atoms with Crippen molar-refractivity contribution in [1.29, 1.82) is 0 Å². The molecule has 1 rings (SSSR count). The minimum atomic E-state index is -0.0605. The van der Waals surface area contributed by atoms with Crippen LogP contribution in [0.5, 0.6) is 11.5 Å². The van der Waals surface area contributed by atoms with Crippen LogP contribution in [0.25, 0.3) is 0 Å². The highest BCUT2D eigenvalue weighted by molar-refractivity contribution is 5.77. The van der Waals surface area contributed by atoms with Crippen molar-refractivity contribution in [2.75, 3.05) is 26.8 Å². The zero-order chi connectivity index (χ0) is 14.3. The third kappa shape index (κ3) is 4.13. The van der Waals surface area contributed by atoms with Gasteiger partial charge in [0.15, 0.2) is 18.1 Å². The summed E-state index contributed by atoms with van der Waals surface area (Å²) in [6, 6.07) is 5.12. The second-order valence-corrected chi connectivity index (χ2v) is 4.00. The maximum absolute atomic E-state index is 11.8. The monoisotopic (exact) mass is 267 g/mol. The standard InChI is InChI=1S/C14H21NO4/c1-4-15(5-2)14(17)10-19-12-7-6-11(9-16)8-13(12)18-3/h6-8,16H,4-5,9-10H2,1-3H3. The van der Waals surface area contributed by atoms with E-state index in [-0.39, 0.29) is 19.1 Å². The molecule has 0 aliphatic rings. The number of aliphatic hydroxyl groups is 1. The van der Waals surface area contributed by atoms with Crippen LogP contribution in [-0.4, -0.2) is 42.7 Å². The van der Waals surface area contributed by atoms with Crippen molar-refractivity contribution < 1.29 is 19.4 Å². The minimum absolute atomic E-state index is 0.0173. The number of hydrogen-bond acceptors (Lipinski definition) is 4. The number of ether oxygens (including phenoxy) is 2. The molecule has 0 atom stereocenters. The van der Waals surface area contributed by atoms with Gasteiger partial charge in [-0.2, -0.15) is 0 Å². The Morgan fingerprint density at radius 1 is 1.26 bits per heavy atom. The number of carbonyl (C=O) groups is 1. The number of hydrogen-bond donors (Lipinski definition) is 1. The molecule has 0 saturated carbocycles. The molecule has 5 heteroatoms. The highest BCUT2D eigenvalue weighted by Crippen LogP contribution is 2.28. The van der Waals surface area contributed by atoms with E-state index >= 15 is 0 Å². The molecule has 1 aromatic rings. The van der Waals surface area contributed by atoms with Crippen molar-refractivity contribution in [3.63, 3.8) is 0 Å². The second kappa shape index (κ2) is 7.63. The van der Waals surface area contributed by atoms with Crippen molar-refractivity contribution in [2.24, 2.45) is 0 Å². The van der Waals surface area contributed by atoms with Gasteiger partial charge in [-0.15, -0.1) is 0 Å². The fraction of sp³-hybridized carbons (Fsp3) is 0.500. The number of carbonyl (C=O) groups excluding carboxylic acids is 1. The molecule has 106 valence electrons. The van der Waals surface area contributed by atoms with E-state index in [1.165, 1.54) is 7.11 Å². The molecule has 0 unspecified atom stereocenters. The molecular formula is C14H21NO4. The molecule has 1 aromatic carbocycles. The van der Waals surface area contributed by atoms with Gasteiger partial charge >= 0.3 is 0 Å². The Bertz CT molecular complexity index is 416. The SMILES string of the molecule is CCN(CC)C(=O)COc1ccc(CO)cc1OC. The lowest BCUT2D eigenvalue weighted by Crippen LogP contribution is -2.34. The molecule has 0 spiro atoms. The van der Waals surface area contributed by atoms with Crippen molar-refractivity contribution in [2.45, 2.75) is 20.5 Å². The van der Waals surface area contributed by atoms with Gasteiger partial charge in [0.2, 0.25) is 0 Å². The fourth-order valence-electron chi connectivity index (χ4n) is 1.74. The lowest BCUT2D eigenvalue weighted by Gasteiger charge is -2.19. The average Bonchev–Trinajstić information content (AvgIpc) is 2.46. The van der Waals surface area contributed by atoms with Crippen LogP contribution in [0.3, 0.4) is 0 Å². The lowest BCUT2D eigenvalue weighted by molar-refractivity contribution is -0.132. The Morgan fingerprint density at radius 2 is 1.95 bits per heavy atom. The quantitative estimate of drug-likeness (QED) is 0.812. The molecule has 19 heavy (non-hydrogen) atoms. The van der Waals surface area contributed by atoms with E-state index in [9.17, 15) is 4.79 Å². The van der Waals surface area contributed by atoms with E-state index < -0.39 is 0 Å². The number of amides is 1. The first kappa shape index (κ1) is 15.3. The van der Waals surface area contributed by atoms with Crippen molar-refractivity contribution >= 4 is 5.91 Å². The van der Waals surface area contributed by atoms with Crippen LogP contribution in [0, 0.1) is 0 Å². The topological polar surface area (TPSA) is 59.0 Å². The highest BCUT2D eigenvalue weighted by atomic mass is 16.5.